The van der Waals surface area contributed by atoms with Gasteiger partial charge in [0.1, 0.15) is 29.0 Å². The Kier molecular flexibility index (Phi) is 4.81. The summed E-state index contributed by atoms with van der Waals surface area (Å²) in [6.45, 7) is 1.38. The fourth-order valence-electron chi connectivity index (χ4n) is 2.32. The lowest BCUT2D eigenvalue weighted by Crippen LogP contribution is -2.07. The van der Waals surface area contributed by atoms with Crippen LogP contribution in [0.4, 0.5) is 8.78 Å². The molecule has 7 heteroatoms. The smallest absolute Gasteiger partial charge is 0.343 e. The molecule has 0 spiro atoms. The molecule has 0 aliphatic rings. The second kappa shape index (κ2) is 7.03. The number of hydrogen-bond acceptors (Lipinski definition) is 3. The fraction of sp³-hybridized carbons (Fsp3) is 0.111. The molecule has 0 bridgehead atoms. The molecule has 2 aromatic carbocycles. The normalized spacial score (nSPS) is 10.7. The highest BCUT2D eigenvalue weighted by atomic mass is 35.5. The minimum absolute atomic E-state index is 0.0441. The highest BCUT2D eigenvalue weighted by Gasteiger charge is 2.22. The Morgan fingerprint density at radius 3 is 2.52 bits per heavy atom. The molecule has 1 heterocycles. The quantitative estimate of drug-likeness (QED) is 0.643. The van der Waals surface area contributed by atoms with Crippen molar-refractivity contribution in [1.82, 2.24) is 9.78 Å². The highest BCUT2D eigenvalue weighted by Crippen LogP contribution is 2.25. The predicted octanol–water partition coefficient (Wildman–Crippen LogP) is 4.47. The molecule has 0 amide bonds. The second-order valence-corrected chi connectivity index (χ2v) is 5.66. The van der Waals surface area contributed by atoms with Crippen LogP contribution in [0.15, 0.2) is 48.5 Å². The molecule has 0 unspecified atom stereocenters. The van der Waals surface area contributed by atoms with Crippen LogP contribution in [0.1, 0.15) is 21.6 Å². The number of esters is 1. The summed E-state index contributed by atoms with van der Waals surface area (Å²) in [7, 11) is 0. The zero-order valence-electron chi connectivity index (χ0n) is 13.2. The van der Waals surface area contributed by atoms with E-state index in [0.29, 0.717) is 11.4 Å². The van der Waals surface area contributed by atoms with Crippen LogP contribution in [0.2, 0.25) is 5.15 Å². The first-order valence-corrected chi connectivity index (χ1v) is 7.76. The Hall–Kier alpha value is -2.73. The average molecular weight is 363 g/mol. The van der Waals surface area contributed by atoms with E-state index >= 15 is 0 Å². The second-order valence-electron chi connectivity index (χ2n) is 5.31. The third kappa shape index (κ3) is 3.53. The molecule has 0 N–H and O–H groups in total. The monoisotopic (exact) mass is 362 g/mol. The molecular formula is C18H13ClF2N2O2. The molecular weight excluding hydrogens is 350 g/mol. The zero-order valence-corrected chi connectivity index (χ0v) is 13.9. The number of carbonyl (C=O) groups excluding carboxylic acids is 1. The minimum atomic E-state index is -0.709. The Morgan fingerprint density at radius 2 is 1.84 bits per heavy atom. The molecule has 1 aromatic heterocycles. The van der Waals surface area contributed by atoms with Crippen LogP contribution >= 0.6 is 11.6 Å². The van der Waals surface area contributed by atoms with Gasteiger partial charge in [0, 0.05) is 5.56 Å². The van der Waals surface area contributed by atoms with Gasteiger partial charge in [-0.1, -0.05) is 29.8 Å². The van der Waals surface area contributed by atoms with E-state index in [0.717, 1.165) is 0 Å². The van der Waals surface area contributed by atoms with Crippen molar-refractivity contribution >= 4 is 17.6 Å². The van der Waals surface area contributed by atoms with Gasteiger partial charge in [-0.3, -0.25) is 0 Å². The van der Waals surface area contributed by atoms with Crippen molar-refractivity contribution in [1.29, 1.82) is 0 Å². The van der Waals surface area contributed by atoms with Crippen molar-refractivity contribution in [2.24, 2.45) is 0 Å². The average Bonchev–Trinajstić information content (AvgIpc) is 2.89. The van der Waals surface area contributed by atoms with Crippen LogP contribution in [0.3, 0.4) is 0 Å². The summed E-state index contributed by atoms with van der Waals surface area (Å²) in [6, 6.07) is 11.5. The lowest BCUT2D eigenvalue weighted by Gasteiger charge is -2.06. The molecule has 128 valence electrons. The summed E-state index contributed by atoms with van der Waals surface area (Å²) < 4.78 is 33.1. The van der Waals surface area contributed by atoms with Gasteiger partial charge < -0.3 is 4.74 Å². The van der Waals surface area contributed by atoms with Crippen molar-refractivity contribution in [3.05, 3.63) is 82.1 Å². The number of halogens is 3. The van der Waals surface area contributed by atoms with Crippen molar-refractivity contribution < 1.29 is 18.3 Å². The van der Waals surface area contributed by atoms with Gasteiger partial charge in [0.05, 0.1) is 11.4 Å². The van der Waals surface area contributed by atoms with Crippen molar-refractivity contribution in [3.63, 3.8) is 0 Å². The summed E-state index contributed by atoms with van der Waals surface area (Å²) in [6.07, 6.45) is 0. The minimum Gasteiger partial charge on any atom is -0.457 e. The van der Waals surface area contributed by atoms with Gasteiger partial charge in [-0.25, -0.2) is 18.3 Å². The van der Waals surface area contributed by atoms with E-state index < -0.39 is 17.6 Å². The third-order valence-corrected chi connectivity index (χ3v) is 3.95. The Bertz CT molecular complexity index is 923. The molecule has 0 radical (unpaired) electrons. The summed E-state index contributed by atoms with van der Waals surface area (Å²) in [5, 5.41) is 4.24. The number of nitrogens with zero attached hydrogens (tertiary/aromatic N) is 2. The lowest BCUT2D eigenvalue weighted by atomic mass is 10.2. The summed E-state index contributed by atoms with van der Waals surface area (Å²) in [5.41, 5.74) is 1.20. The van der Waals surface area contributed by atoms with E-state index in [2.05, 4.69) is 5.10 Å². The molecule has 25 heavy (non-hydrogen) atoms. The molecule has 0 saturated heterocycles. The maximum atomic E-state index is 13.6. The van der Waals surface area contributed by atoms with Gasteiger partial charge in [0.15, 0.2) is 0 Å². The molecule has 3 aromatic rings. The highest BCUT2D eigenvalue weighted by molar-refractivity contribution is 6.33. The Balaban J connectivity index is 1.84. The SMILES string of the molecule is Cc1nn(-c2ccc(F)cc2)c(Cl)c1C(=O)OCc1ccccc1F. The van der Waals surface area contributed by atoms with Crippen molar-refractivity contribution in [3.8, 4) is 5.69 Å². The van der Waals surface area contributed by atoms with E-state index in [1.807, 2.05) is 0 Å². The van der Waals surface area contributed by atoms with E-state index in [1.54, 1.807) is 19.1 Å². The van der Waals surface area contributed by atoms with Crippen molar-refractivity contribution in [2.45, 2.75) is 13.5 Å². The maximum Gasteiger partial charge on any atom is 0.343 e. The Labute approximate surface area is 147 Å². The lowest BCUT2D eigenvalue weighted by molar-refractivity contribution is 0.0468. The molecule has 3 rings (SSSR count). The predicted molar refractivity (Wildman–Crippen MR) is 88.8 cm³/mol. The number of aryl methyl sites for hydroxylation is 1. The molecule has 0 saturated carbocycles. The zero-order chi connectivity index (χ0) is 18.0. The van der Waals surface area contributed by atoms with Crippen LogP contribution in [0, 0.1) is 18.6 Å². The summed E-state index contributed by atoms with van der Waals surface area (Å²) in [5.74, 6) is -1.56. The molecule has 0 aliphatic heterocycles. The first kappa shape index (κ1) is 17.1. The summed E-state index contributed by atoms with van der Waals surface area (Å²) >= 11 is 6.24. The van der Waals surface area contributed by atoms with Crippen LogP contribution in [0.5, 0.6) is 0 Å². The van der Waals surface area contributed by atoms with Gasteiger partial charge in [-0.15, -0.1) is 0 Å². The van der Waals surface area contributed by atoms with Gasteiger partial charge >= 0.3 is 5.97 Å². The number of hydrogen-bond donors (Lipinski definition) is 0. The topological polar surface area (TPSA) is 44.1 Å². The van der Waals surface area contributed by atoms with Gasteiger partial charge in [0.25, 0.3) is 0 Å². The van der Waals surface area contributed by atoms with Crippen LogP contribution < -0.4 is 0 Å². The van der Waals surface area contributed by atoms with E-state index in [-0.39, 0.29) is 22.9 Å². The van der Waals surface area contributed by atoms with E-state index in [9.17, 15) is 13.6 Å². The third-order valence-electron chi connectivity index (χ3n) is 3.60. The van der Waals surface area contributed by atoms with E-state index in [4.69, 9.17) is 16.3 Å². The Morgan fingerprint density at radius 1 is 1.16 bits per heavy atom. The fourth-order valence-corrected chi connectivity index (χ4v) is 2.66. The molecule has 4 nitrogen and oxygen atoms in total. The molecule has 0 fully saturated rings. The van der Waals surface area contributed by atoms with Gasteiger partial charge in [-0.2, -0.15) is 5.10 Å². The van der Waals surface area contributed by atoms with Crippen LogP contribution in [0.25, 0.3) is 5.69 Å². The van der Waals surface area contributed by atoms with Crippen LogP contribution in [-0.4, -0.2) is 15.7 Å². The largest absolute Gasteiger partial charge is 0.457 e. The number of carbonyl (C=O) groups is 1. The standard InChI is InChI=1S/C18H13ClF2N2O2/c1-11-16(18(24)25-10-12-4-2-3-5-15(12)21)17(19)23(22-11)14-8-6-13(20)7-9-14/h2-9H,10H2,1H3. The summed E-state index contributed by atoms with van der Waals surface area (Å²) in [4.78, 5) is 12.3. The van der Waals surface area contributed by atoms with E-state index in [1.165, 1.54) is 41.1 Å². The first-order chi connectivity index (χ1) is 12.0. The number of ether oxygens (including phenoxy) is 1. The molecule has 0 aliphatic carbocycles. The van der Waals surface area contributed by atoms with Crippen LogP contribution in [-0.2, 0) is 11.3 Å². The first-order valence-electron chi connectivity index (χ1n) is 7.39. The number of aromatic nitrogens is 2. The maximum absolute atomic E-state index is 13.6. The number of rotatable bonds is 4. The number of benzene rings is 2. The molecule has 0 atom stereocenters. The van der Waals surface area contributed by atoms with Crippen molar-refractivity contribution in [2.75, 3.05) is 0 Å². The van der Waals surface area contributed by atoms with Gasteiger partial charge in [-0.05, 0) is 37.3 Å². The van der Waals surface area contributed by atoms with Gasteiger partial charge in [0.2, 0.25) is 0 Å².